The van der Waals surface area contributed by atoms with Crippen LogP contribution in [0, 0.1) is 12.7 Å². The molecule has 0 saturated heterocycles. The molecule has 2 aromatic heterocycles. The Morgan fingerprint density at radius 1 is 1.25 bits per heavy atom. The number of nitrogens with two attached hydrogens (primary N) is 1. The zero-order valence-electron chi connectivity index (χ0n) is 11.5. The number of nitrogens with zero attached hydrogens (tertiary/aromatic N) is 4. The largest absolute Gasteiger partial charge is 0.369 e. The van der Waals surface area contributed by atoms with Crippen molar-refractivity contribution in [1.29, 1.82) is 0 Å². The zero-order chi connectivity index (χ0) is 14.3. The third kappa shape index (κ3) is 2.03. The highest BCUT2D eigenvalue weighted by Gasteiger charge is 2.15. The van der Waals surface area contributed by atoms with Crippen molar-refractivity contribution >= 4 is 17.1 Å². The first-order chi connectivity index (χ1) is 9.56. The Bertz CT molecular complexity index is 754. The molecule has 104 valence electrons. The summed E-state index contributed by atoms with van der Waals surface area (Å²) < 4.78 is 16.6. The summed E-state index contributed by atoms with van der Waals surface area (Å²) in [6.45, 7) is 2.60. The van der Waals surface area contributed by atoms with Crippen molar-refractivity contribution in [3.8, 4) is 0 Å². The van der Waals surface area contributed by atoms with E-state index in [0.29, 0.717) is 12.5 Å². The van der Waals surface area contributed by atoms with Crippen molar-refractivity contribution in [2.45, 2.75) is 19.9 Å². The van der Waals surface area contributed by atoms with E-state index in [-0.39, 0.29) is 5.82 Å². The lowest BCUT2D eigenvalue weighted by molar-refractivity contribution is 0.625. The van der Waals surface area contributed by atoms with Crippen molar-refractivity contribution in [2.24, 2.45) is 7.05 Å². The highest BCUT2D eigenvalue weighted by atomic mass is 19.1. The van der Waals surface area contributed by atoms with Gasteiger partial charge in [0.15, 0.2) is 5.65 Å². The van der Waals surface area contributed by atoms with Crippen molar-refractivity contribution in [2.75, 3.05) is 5.73 Å². The molecule has 0 amide bonds. The molecule has 0 unspecified atom stereocenters. The zero-order valence-corrected chi connectivity index (χ0v) is 11.5. The number of anilines is 1. The standard InChI is InChI=1S/C14H16FN5/c1-9-12-13(19(2)18-9)20(14(16)17-12)8-7-10-3-5-11(15)6-4-10/h3-6H,7-8H2,1-2H3,(H2,16,17). The van der Waals surface area contributed by atoms with Gasteiger partial charge in [0.2, 0.25) is 5.95 Å². The molecule has 2 N–H and O–H groups in total. The van der Waals surface area contributed by atoms with Crippen LogP contribution in [0.5, 0.6) is 0 Å². The number of halogens is 1. The number of hydrogen-bond donors (Lipinski definition) is 1. The summed E-state index contributed by atoms with van der Waals surface area (Å²) in [5, 5.41) is 4.35. The Kier molecular flexibility index (Phi) is 2.93. The molecule has 6 heteroatoms. The first-order valence-electron chi connectivity index (χ1n) is 6.46. The van der Waals surface area contributed by atoms with Crippen LogP contribution in [0.4, 0.5) is 10.3 Å². The molecule has 0 spiro atoms. The van der Waals surface area contributed by atoms with Crippen molar-refractivity contribution < 1.29 is 4.39 Å². The Morgan fingerprint density at radius 3 is 2.65 bits per heavy atom. The van der Waals surface area contributed by atoms with Crippen molar-refractivity contribution in [1.82, 2.24) is 19.3 Å². The fraction of sp³-hybridized carbons (Fsp3) is 0.286. The number of imidazole rings is 1. The van der Waals surface area contributed by atoms with Crippen LogP contribution in [-0.4, -0.2) is 19.3 Å². The van der Waals surface area contributed by atoms with Gasteiger partial charge in [-0.05, 0) is 31.0 Å². The van der Waals surface area contributed by atoms with Crippen LogP contribution in [0.2, 0.25) is 0 Å². The van der Waals surface area contributed by atoms with E-state index >= 15 is 0 Å². The first-order valence-corrected chi connectivity index (χ1v) is 6.46. The predicted molar refractivity (Wildman–Crippen MR) is 75.8 cm³/mol. The fourth-order valence-corrected chi connectivity index (χ4v) is 2.46. The topological polar surface area (TPSA) is 61.7 Å². The maximum Gasteiger partial charge on any atom is 0.202 e. The van der Waals surface area contributed by atoms with E-state index in [1.54, 1.807) is 16.8 Å². The third-order valence-electron chi connectivity index (χ3n) is 3.46. The fourth-order valence-electron chi connectivity index (χ4n) is 2.46. The molecule has 0 aliphatic heterocycles. The number of rotatable bonds is 3. The van der Waals surface area contributed by atoms with Gasteiger partial charge < -0.3 is 5.73 Å². The minimum Gasteiger partial charge on any atom is -0.369 e. The van der Waals surface area contributed by atoms with Crippen LogP contribution in [0.25, 0.3) is 11.2 Å². The normalized spacial score (nSPS) is 11.3. The molecule has 0 saturated carbocycles. The number of benzene rings is 1. The van der Waals surface area contributed by atoms with E-state index in [2.05, 4.69) is 10.1 Å². The molecule has 3 aromatic rings. The van der Waals surface area contributed by atoms with Gasteiger partial charge in [0, 0.05) is 13.6 Å². The number of nitrogen functional groups attached to an aromatic ring is 1. The molecule has 20 heavy (non-hydrogen) atoms. The van der Waals surface area contributed by atoms with E-state index < -0.39 is 0 Å². The molecular formula is C14H16FN5. The molecule has 0 fully saturated rings. The minimum atomic E-state index is -0.222. The lowest BCUT2D eigenvalue weighted by atomic mass is 10.1. The van der Waals surface area contributed by atoms with Gasteiger partial charge in [-0.1, -0.05) is 12.1 Å². The Hall–Kier alpha value is -2.37. The number of aryl methyl sites for hydroxylation is 4. The summed E-state index contributed by atoms with van der Waals surface area (Å²) >= 11 is 0. The van der Waals surface area contributed by atoms with E-state index in [1.165, 1.54) is 12.1 Å². The van der Waals surface area contributed by atoms with Crippen molar-refractivity contribution in [3.63, 3.8) is 0 Å². The molecule has 0 bridgehead atoms. The van der Waals surface area contributed by atoms with Gasteiger partial charge in [-0.2, -0.15) is 5.10 Å². The van der Waals surface area contributed by atoms with Gasteiger partial charge in [-0.15, -0.1) is 0 Å². The second kappa shape index (κ2) is 4.63. The van der Waals surface area contributed by atoms with Crippen LogP contribution >= 0.6 is 0 Å². The number of aromatic nitrogens is 4. The summed E-state index contributed by atoms with van der Waals surface area (Å²) in [5.41, 5.74) is 9.66. The maximum atomic E-state index is 12.9. The second-order valence-corrected chi connectivity index (χ2v) is 4.88. The molecule has 5 nitrogen and oxygen atoms in total. The van der Waals surface area contributed by atoms with Crippen LogP contribution in [0.15, 0.2) is 24.3 Å². The van der Waals surface area contributed by atoms with Crippen molar-refractivity contribution in [3.05, 3.63) is 41.3 Å². The van der Waals surface area contributed by atoms with Gasteiger partial charge in [0.1, 0.15) is 11.3 Å². The van der Waals surface area contributed by atoms with Crippen LogP contribution in [0.1, 0.15) is 11.3 Å². The average molecular weight is 273 g/mol. The van der Waals surface area contributed by atoms with E-state index in [4.69, 9.17) is 5.73 Å². The second-order valence-electron chi connectivity index (χ2n) is 4.88. The minimum absolute atomic E-state index is 0.222. The SMILES string of the molecule is Cc1nn(C)c2c1nc(N)n2CCc1ccc(F)cc1. The summed E-state index contributed by atoms with van der Waals surface area (Å²) in [7, 11) is 1.88. The average Bonchev–Trinajstić information content (AvgIpc) is 2.88. The monoisotopic (exact) mass is 273 g/mol. The summed E-state index contributed by atoms with van der Waals surface area (Å²) in [5.74, 6) is 0.263. The van der Waals surface area contributed by atoms with Crippen LogP contribution in [0.3, 0.4) is 0 Å². The third-order valence-corrected chi connectivity index (χ3v) is 3.46. The molecule has 0 atom stereocenters. The van der Waals surface area contributed by atoms with Gasteiger partial charge in [0.05, 0.1) is 5.69 Å². The lowest BCUT2D eigenvalue weighted by Gasteiger charge is -2.07. The van der Waals surface area contributed by atoms with Gasteiger partial charge >= 0.3 is 0 Å². The lowest BCUT2D eigenvalue weighted by Crippen LogP contribution is -2.08. The summed E-state index contributed by atoms with van der Waals surface area (Å²) in [6.07, 6.45) is 0.764. The van der Waals surface area contributed by atoms with E-state index in [9.17, 15) is 4.39 Å². The molecule has 0 aliphatic carbocycles. The molecule has 3 rings (SSSR count). The molecule has 2 heterocycles. The smallest absolute Gasteiger partial charge is 0.202 e. The Balaban J connectivity index is 1.90. The van der Waals surface area contributed by atoms with Gasteiger partial charge in [-0.25, -0.2) is 9.37 Å². The first kappa shape index (κ1) is 12.7. The molecule has 0 radical (unpaired) electrons. The predicted octanol–water partition coefficient (Wildman–Crippen LogP) is 2.04. The summed E-state index contributed by atoms with van der Waals surface area (Å²) in [6, 6.07) is 6.51. The highest BCUT2D eigenvalue weighted by Crippen LogP contribution is 2.20. The molecule has 0 aliphatic rings. The van der Waals surface area contributed by atoms with Gasteiger partial charge in [0.25, 0.3) is 0 Å². The van der Waals surface area contributed by atoms with E-state index in [0.717, 1.165) is 28.8 Å². The Labute approximate surface area is 115 Å². The number of hydrogen-bond acceptors (Lipinski definition) is 3. The van der Waals surface area contributed by atoms with E-state index in [1.807, 2.05) is 18.5 Å². The molecular weight excluding hydrogens is 257 g/mol. The maximum absolute atomic E-state index is 12.9. The van der Waals surface area contributed by atoms with Crippen LogP contribution < -0.4 is 5.73 Å². The quantitative estimate of drug-likeness (QED) is 0.794. The van der Waals surface area contributed by atoms with Crippen LogP contribution in [-0.2, 0) is 20.0 Å². The highest BCUT2D eigenvalue weighted by molar-refractivity contribution is 5.77. The van der Waals surface area contributed by atoms with Gasteiger partial charge in [-0.3, -0.25) is 9.25 Å². The Morgan fingerprint density at radius 2 is 1.95 bits per heavy atom. The number of fused-ring (bicyclic) bond motifs is 1. The summed E-state index contributed by atoms with van der Waals surface area (Å²) in [4.78, 5) is 4.36. The molecule has 1 aromatic carbocycles.